The maximum atomic E-state index is 4.70. The van der Waals surface area contributed by atoms with Crippen LogP contribution in [0.15, 0.2) is 48.9 Å². The Hall–Kier alpha value is -1.91. The quantitative estimate of drug-likeness (QED) is 0.300. The molecule has 4 aromatic heterocycles. The van der Waals surface area contributed by atoms with Crippen LogP contribution in [-0.4, -0.2) is 9.61 Å². The van der Waals surface area contributed by atoms with Crippen molar-refractivity contribution in [2.75, 3.05) is 0 Å². The molecular formula is C15H14Cl2N4. The van der Waals surface area contributed by atoms with Gasteiger partial charge >= 0.3 is 5.65 Å². The average molecular weight is 321 g/mol. The first-order valence-electron chi connectivity index (χ1n) is 6.34. The second kappa shape index (κ2) is 5.47. The second-order valence-corrected chi connectivity index (χ2v) is 4.93. The highest BCUT2D eigenvalue weighted by Crippen LogP contribution is 2.08. The summed E-state index contributed by atoms with van der Waals surface area (Å²) in [5.41, 5.74) is 5.58. The Morgan fingerprint density at radius 1 is 1.10 bits per heavy atom. The zero-order valence-corrected chi connectivity index (χ0v) is 13.2. The highest BCUT2D eigenvalue weighted by Gasteiger charge is 2.23. The Labute approximate surface area is 134 Å². The number of halogens is 2. The third-order valence-corrected chi connectivity index (χ3v) is 3.51. The van der Waals surface area contributed by atoms with Gasteiger partial charge in [-0.15, -0.1) is 0 Å². The molecular weight excluding hydrogens is 307 g/mol. The zero-order valence-electron chi connectivity index (χ0n) is 11.7. The van der Waals surface area contributed by atoms with Crippen LogP contribution in [0.5, 0.6) is 0 Å². The molecule has 4 heterocycles. The van der Waals surface area contributed by atoms with Crippen LogP contribution in [-0.2, 0) is 0 Å². The van der Waals surface area contributed by atoms with Crippen molar-refractivity contribution in [2.24, 2.45) is 0 Å². The summed E-state index contributed by atoms with van der Waals surface area (Å²) < 4.78 is 6.24. The maximum absolute atomic E-state index is 4.70. The fourth-order valence-corrected chi connectivity index (χ4v) is 2.62. The number of hydrogen-bond acceptors (Lipinski definition) is 1. The first kappa shape index (κ1) is 15.5. The molecule has 0 spiro atoms. The van der Waals surface area contributed by atoms with E-state index in [4.69, 9.17) is 5.10 Å². The molecule has 0 unspecified atom stereocenters. The van der Waals surface area contributed by atoms with Gasteiger partial charge in [0.15, 0.2) is 6.20 Å². The number of pyridine rings is 2. The van der Waals surface area contributed by atoms with Gasteiger partial charge < -0.3 is 24.8 Å². The van der Waals surface area contributed by atoms with Gasteiger partial charge in [0, 0.05) is 18.2 Å². The number of fused-ring (bicyclic) bond motifs is 5. The van der Waals surface area contributed by atoms with Crippen molar-refractivity contribution in [3.63, 3.8) is 0 Å². The van der Waals surface area contributed by atoms with E-state index < -0.39 is 0 Å². The number of nitrogens with zero attached hydrogens (tertiary/aromatic N) is 4. The van der Waals surface area contributed by atoms with Crippen molar-refractivity contribution in [3.8, 4) is 0 Å². The standard InChI is InChI=1S/C15H14N4.2ClH/c1-11-6-8-18-14(9-11)19-12(2)10-17-7-4-3-5-13(17)15(19)16-18;;/h3-10H,1-2H3;2*1H/q+2;;/p-2. The predicted molar refractivity (Wildman–Crippen MR) is 71.0 cm³/mol. The molecule has 4 rings (SSSR count). The molecule has 0 N–H and O–H groups in total. The van der Waals surface area contributed by atoms with Crippen molar-refractivity contribution in [2.45, 2.75) is 13.8 Å². The Balaban J connectivity index is 0.000000807. The van der Waals surface area contributed by atoms with Gasteiger partial charge in [-0.1, -0.05) is 4.52 Å². The summed E-state index contributed by atoms with van der Waals surface area (Å²) in [5, 5.41) is 4.70. The van der Waals surface area contributed by atoms with E-state index in [2.05, 4.69) is 53.2 Å². The fraction of sp³-hybridized carbons (Fsp3) is 0.133. The van der Waals surface area contributed by atoms with Crippen molar-refractivity contribution >= 4 is 16.8 Å². The number of hydrogen-bond donors (Lipinski definition) is 0. The third-order valence-electron chi connectivity index (χ3n) is 3.51. The minimum Gasteiger partial charge on any atom is -1.00 e. The lowest BCUT2D eigenvalue weighted by Crippen LogP contribution is -3.00. The largest absolute Gasteiger partial charge is 1.00 e. The van der Waals surface area contributed by atoms with E-state index in [0.717, 1.165) is 16.8 Å². The van der Waals surface area contributed by atoms with Gasteiger partial charge in [0.2, 0.25) is 6.20 Å². The van der Waals surface area contributed by atoms with E-state index >= 15 is 0 Å². The van der Waals surface area contributed by atoms with E-state index in [1.54, 1.807) is 0 Å². The first-order chi connectivity index (χ1) is 9.24. The number of aromatic nitrogens is 4. The zero-order chi connectivity index (χ0) is 13.0. The van der Waals surface area contributed by atoms with Crippen LogP contribution >= 0.6 is 0 Å². The van der Waals surface area contributed by atoms with Crippen molar-refractivity contribution in [3.05, 3.63) is 60.2 Å². The van der Waals surface area contributed by atoms with Crippen LogP contribution in [0.3, 0.4) is 0 Å². The van der Waals surface area contributed by atoms with E-state index in [1.165, 1.54) is 11.3 Å². The monoisotopic (exact) mass is 320 g/mol. The predicted octanol–water partition coefficient (Wildman–Crippen LogP) is -4.56. The molecule has 0 aromatic carbocycles. The molecule has 0 aliphatic rings. The molecule has 0 atom stereocenters. The van der Waals surface area contributed by atoms with Crippen LogP contribution in [0.25, 0.3) is 16.8 Å². The topological polar surface area (TPSA) is 25.5 Å². The molecule has 0 aliphatic heterocycles. The van der Waals surface area contributed by atoms with E-state index in [0.29, 0.717) is 0 Å². The fourth-order valence-electron chi connectivity index (χ4n) is 2.62. The summed E-state index contributed by atoms with van der Waals surface area (Å²) in [7, 11) is 0. The molecule has 6 heteroatoms. The van der Waals surface area contributed by atoms with Gasteiger partial charge in [0.05, 0.1) is 5.10 Å². The van der Waals surface area contributed by atoms with Crippen molar-refractivity contribution in [1.82, 2.24) is 9.61 Å². The molecule has 0 fully saturated rings. The van der Waals surface area contributed by atoms with Crippen molar-refractivity contribution < 1.29 is 33.6 Å². The highest BCUT2D eigenvalue weighted by molar-refractivity contribution is 5.62. The Bertz CT molecular complexity index is 947. The average Bonchev–Trinajstić information content (AvgIpc) is 2.78. The molecule has 0 saturated heterocycles. The van der Waals surface area contributed by atoms with Crippen LogP contribution < -0.4 is 33.6 Å². The summed E-state index contributed by atoms with van der Waals surface area (Å²) in [4.78, 5) is 0. The van der Waals surface area contributed by atoms with Crippen molar-refractivity contribution in [1.29, 1.82) is 0 Å². The van der Waals surface area contributed by atoms with Gasteiger partial charge in [-0.25, -0.2) is 0 Å². The van der Waals surface area contributed by atoms with Crippen LogP contribution in [0, 0.1) is 13.8 Å². The third kappa shape index (κ3) is 2.20. The summed E-state index contributed by atoms with van der Waals surface area (Å²) in [6.07, 6.45) is 6.19. The van der Waals surface area contributed by atoms with Gasteiger partial charge in [0.1, 0.15) is 11.9 Å². The van der Waals surface area contributed by atoms with Gasteiger partial charge in [-0.3, -0.25) is 0 Å². The number of rotatable bonds is 0. The lowest BCUT2D eigenvalue weighted by Gasteiger charge is -1.94. The van der Waals surface area contributed by atoms with Crippen LogP contribution in [0.2, 0.25) is 0 Å². The summed E-state index contributed by atoms with van der Waals surface area (Å²) in [5.74, 6) is 0. The minimum absolute atomic E-state index is 0. The molecule has 4 nitrogen and oxygen atoms in total. The van der Waals surface area contributed by atoms with E-state index in [1.807, 2.05) is 22.8 Å². The number of aryl methyl sites for hydroxylation is 2. The maximum Gasteiger partial charge on any atom is 0.379 e. The van der Waals surface area contributed by atoms with Crippen LogP contribution in [0.1, 0.15) is 11.3 Å². The Kier molecular flexibility index (Phi) is 4.03. The van der Waals surface area contributed by atoms with Gasteiger partial charge in [-0.2, -0.15) is 8.80 Å². The smallest absolute Gasteiger partial charge is 0.379 e. The molecule has 0 amide bonds. The Morgan fingerprint density at radius 3 is 2.71 bits per heavy atom. The molecule has 0 saturated carbocycles. The van der Waals surface area contributed by atoms with E-state index in [-0.39, 0.29) is 24.8 Å². The lowest BCUT2D eigenvalue weighted by atomic mass is 10.3. The normalized spacial score (nSPS) is 10.6. The lowest BCUT2D eigenvalue weighted by molar-refractivity contribution is -0.557. The molecule has 21 heavy (non-hydrogen) atoms. The summed E-state index contributed by atoms with van der Waals surface area (Å²) in [6, 6.07) is 10.4. The second-order valence-electron chi connectivity index (χ2n) is 4.93. The molecule has 0 aliphatic carbocycles. The van der Waals surface area contributed by atoms with Crippen LogP contribution in [0.4, 0.5) is 0 Å². The SMILES string of the molecule is Cc1ccn2nc3c4cccc[n+]4cc(C)[n+]3c2c1.[Cl-].[Cl-]. The van der Waals surface area contributed by atoms with Gasteiger partial charge in [-0.05, 0) is 31.5 Å². The van der Waals surface area contributed by atoms with Gasteiger partial charge in [0.25, 0.3) is 11.2 Å². The van der Waals surface area contributed by atoms with E-state index in [9.17, 15) is 0 Å². The molecule has 0 bridgehead atoms. The summed E-state index contributed by atoms with van der Waals surface area (Å²) >= 11 is 0. The molecule has 108 valence electrons. The first-order valence-corrected chi connectivity index (χ1v) is 6.34. The minimum atomic E-state index is 0. The highest BCUT2D eigenvalue weighted by atomic mass is 35.5. The molecule has 4 aromatic rings. The Morgan fingerprint density at radius 2 is 1.90 bits per heavy atom. The molecule has 0 radical (unpaired) electrons. The summed E-state index contributed by atoms with van der Waals surface area (Å²) in [6.45, 7) is 4.21.